The average Bonchev–Trinajstić information content (AvgIpc) is 2.86. The summed E-state index contributed by atoms with van der Waals surface area (Å²) in [5, 5.41) is 10.8. The van der Waals surface area contributed by atoms with Gasteiger partial charge in [-0.25, -0.2) is 0 Å². The van der Waals surface area contributed by atoms with Crippen LogP contribution in [0.3, 0.4) is 0 Å². The number of aliphatic hydroxyl groups excluding tert-OH is 1. The number of ether oxygens (including phenoxy) is 2. The summed E-state index contributed by atoms with van der Waals surface area (Å²) in [7, 11) is 0. The van der Waals surface area contributed by atoms with E-state index in [1.54, 1.807) is 24.5 Å². The van der Waals surface area contributed by atoms with Crippen LogP contribution in [0.5, 0.6) is 11.5 Å². The van der Waals surface area contributed by atoms with Gasteiger partial charge in [0.2, 0.25) is 6.79 Å². The fourth-order valence-electron chi connectivity index (χ4n) is 2.07. The molecule has 1 N–H and O–H groups in total. The molecule has 5 heteroatoms. The molecule has 1 aliphatic rings. The van der Waals surface area contributed by atoms with Crippen LogP contribution in [0.4, 0.5) is 0 Å². The van der Waals surface area contributed by atoms with E-state index in [4.69, 9.17) is 21.1 Å². The molecular weight excluding hydrogens is 266 g/mol. The first kappa shape index (κ1) is 12.3. The van der Waals surface area contributed by atoms with Crippen LogP contribution in [-0.4, -0.2) is 16.9 Å². The number of aryl methyl sites for hydroxylation is 1. The number of fused-ring (bicyclic) bond motifs is 1. The molecule has 1 aliphatic heterocycles. The first-order valence-corrected chi connectivity index (χ1v) is 6.21. The fraction of sp³-hybridized carbons (Fsp3) is 0.214. The molecule has 1 aromatic heterocycles. The highest BCUT2D eigenvalue weighted by molar-refractivity contribution is 6.32. The van der Waals surface area contributed by atoms with Crippen LogP contribution < -0.4 is 9.47 Å². The molecule has 3 rings (SSSR count). The maximum atomic E-state index is 10.4. The molecule has 4 nitrogen and oxygen atoms in total. The Labute approximate surface area is 115 Å². The van der Waals surface area contributed by atoms with Crippen molar-refractivity contribution in [3.05, 3.63) is 52.3 Å². The first-order chi connectivity index (χ1) is 9.15. The van der Waals surface area contributed by atoms with Gasteiger partial charge in [-0.1, -0.05) is 17.7 Å². The molecule has 2 aromatic rings. The highest BCUT2D eigenvalue weighted by Gasteiger charge is 2.21. The van der Waals surface area contributed by atoms with E-state index in [0.717, 1.165) is 11.1 Å². The quantitative estimate of drug-likeness (QED) is 0.917. The van der Waals surface area contributed by atoms with Gasteiger partial charge in [-0.2, -0.15) is 0 Å². The molecule has 0 amide bonds. The number of aliphatic hydroxyl groups is 1. The fourth-order valence-corrected chi connectivity index (χ4v) is 2.34. The summed E-state index contributed by atoms with van der Waals surface area (Å²) >= 11 is 6.11. The molecule has 1 aromatic carbocycles. The van der Waals surface area contributed by atoms with Crippen molar-refractivity contribution in [3.8, 4) is 11.5 Å². The second-order valence-electron chi connectivity index (χ2n) is 4.43. The number of nitrogens with zero attached hydrogens (tertiary/aromatic N) is 1. The molecule has 2 heterocycles. The number of pyridine rings is 1. The predicted octanol–water partition coefficient (Wildman–Crippen LogP) is 2.85. The monoisotopic (exact) mass is 277 g/mol. The van der Waals surface area contributed by atoms with Gasteiger partial charge in [0.15, 0.2) is 11.5 Å². The van der Waals surface area contributed by atoms with E-state index in [9.17, 15) is 5.11 Å². The van der Waals surface area contributed by atoms with E-state index in [0.29, 0.717) is 22.1 Å². The molecule has 0 saturated heterocycles. The standard InChI is InChI=1S/C14H12ClNO3/c1-8-2-10(6-16-5-8)13(17)9-3-11(15)14-12(4-9)18-7-19-14/h2-6,13,17H,7H2,1H3. The van der Waals surface area contributed by atoms with Gasteiger partial charge in [0.1, 0.15) is 6.10 Å². The van der Waals surface area contributed by atoms with Crippen LogP contribution in [0.25, 0.3) is 0 Å². The Morgan fingerprint density at radius 2 is 2.05 bits per heavy atom. The largest absolute Gasteiger partial charge is 0.454 e. The van der Waals surface area contributed by atoms with Crippen molar-refractivity contribution < 1.29 is 14.6 Å². The first-order valence-electron chi connectivity index (χ1n) is 5.84. The molecular formula is C14H12ClNO3. The number of hydrogen-bond donors (Lipinski definition) is 1. The Balaban J connectivity index is 2.00. The van der Waals surface area contributed by atoms with E-state index >= 15 is 0 Å². The van der Waals surface area contributed by atoms with Crippen molar-refractivity contribution in [2.24, 2.45) is 0 Å². The topological polar surface area (TPSA) is 51.6 Å². The van der Waals surface area contributed by atoms with Gasteiger partial charge < -0.3 is 14.6 Å². The second-order valence-corrected chi connectivity index (χ2v) is 4.84. The summed E-state index contributed by atoms with van der Waals surface area (Å²) < 4.78 is 10.5. The molecule has 0 aliphatic carbocycles. The van der Waals surface area contributed by atoms with Gasteiger partial charge in [-0.3, -0.25) is 4.98 Å². The van der Waals surface area contributed by atoms with Crippen LogP contribution >= 0.6 is 11.6 Å². The number of hydrogen-bond acceptors (Lipinski definition) is 4. The zero-order valence-electron chi connectivity index (χ0n) is 10.3. The molecule has 19 heavy (non-hydrogen) atoms. The van der Waals surface area contributed by atoms with Gasteiger partial charge in [-0.05, 0) is 30.2 Å². The molecule has 0 fully saturated rings. The Hall–Kier alpha value is -1.78. The van der Waals surface area contributed by atoms with Crippen LogP contribution in [0.15, 0.2) is 30.6 Å². The van der Waals surface area contributed by atoms with Crippen molar-refractivity contribution >= 4 is 11.6 Å². The predicted molar refractivity (Wildman–Crippen MR) is 70.6 cm³/mol. The SMILES string of the molecule is Cc1cncc(C(O)c2cc(Cl)c3c(c2)OCO3)c1. The summed E-state index contributed by atoms with van der Waals surface area (Å²) in [6, 6.07) is 5.30. The summed E-state index contributed by atoms with van der Waals surface area (Å²) in [6.45, 7) is 2.08. The number of halogens is 1. The lowest BCUT2D eigenvalue weighted by molar-refractivity contribution is 0.173. The molecule has 0 spiro atoms. The van der Waals surface area contributed by atoms with E-state index in [2.05, 4.69) is 4.98 Å². The minimum Gasteiger partial charge on any atom is -0.454 e. The van der Waals surface area contributed by atoms with E-state index < -0.39 is 6.10 Å². The lowest BCUT2D eigenvalue weighted by Gasteiger charge is -2.13. The molecule has 98 valence electrons. The van der Waals surface area contributed by atoms with Crippen molar-refractivity contribution in [2.45, 2.75) is 13.0 Å². The average molecular weight is 278 g/mol. The van der Waals surface area contributed by atoms with Gasteiger partial charge in [0, 0.05) is 18.0 Å². The van der Waals surface area contributed by atoms with Crippen LogP contribution in [0, 0.1) is 6.92 Å². The number of benzene rings is 1. The molecule has 0 bridgehead atoms. The Bertz CT molecular complexity index is 630. The highest BCUT2D eigenvalue weighted by atomic mass is 35.5. The molecule has 1 unspecified atom stereocenters. The summed E-state index contributed by atoms with van der Waals surface area (Å²) in [5.41, 5.74) is 2.36. The van der Waals surface area contributed by atoms with Crippen molar-refractivity contribution in [1.82, 2.24) is 4.98 Å². The zero-order valence-corrected chi connectivity index (χ0v) is 11.0. The summed E-state index contributed by atoms with van der Waals surface area (Å²) in [4.78, 5) is 4.08. The van der Waals surface area contributed by atoms with Crippen molar-refractivity contribution in [1.29, 1.82) is 0 Å². The van der Waals surface area contributed by atoms with Gasteiger partial charge >= 0.3 is 0 Å². The maximum Gasteiger partial charge on any atom is 0.231 e. The van der Waals surface area contributed by atoms with Gasteiger partial charge in [0.05, 0.1) is 5.02 Å². The Kier molecular flexibility index (Phi) is 3.05. The lowest BCUT2D eigenvalue weighted by Crippen LogP contribution is -2.01. The highest BCUT2D eigenvalue weighted by Crippen LogP contribution is 2.41. The zero-order chi connectivity index (χ0) is 13.4. The van der Waals surface area contributed by atoms with Crippen molar-refractivity contribution in [2.75, 3.05) is 6.79 Å². The number of aromatic nitrogens is 1. The van der Waals surface area contributed by atoms with Crippen molar-refractivity contribution in [3.63, 3.8) is 0 Å². The van der Waals surface area contributed by atoms with E-state index in [1.807, 2.05) is 13.0 Å². The lowest BCUT2D eigenvalue weighted by atomic mass is 10.0. The normalized spacial score (nSPS) is 14.5. The third-order valence-corrected chi connectivity index (χ3v) is 3.26. The summed E-state index contributed by atoms with van der Waals surface area (Å²) in [6.07, 6.45) is 2.58. The Morgan fingerprint density at radius 3 is 2.84 bits per heavy atom. The van der Waals surface area contributed by atoms with Crippen LogP contribution in [0.1, 0.15) is 22.8 Å². The molecule has 0 radical (unpaired) electrons. The maximum absolute atomic E-state index is 10.4. The summed E-state index contributed by atoms with van der Waals surface area (Å²) in [5.74, 6) is 1.09. The second kappa shape index (κ2) is 4.72. The number of rotatable bonds is 2. The van der Waals surface area contributed by atoms with Gasteiger partial charge in [0.25, 0.3) is 0 Å². The smallest absolute Gasteiger partial charge is 0.231 e. The minimum atomic E-state index is -0.792. The minimum absolute atomic E-state index is 0.153. The molecule has 1 atom stereocenters. The third-order valence-electron chi connectivity index (χ3n) is 2.98. The van der Waals surface area contributed by atoms with Crippen LogP contribution in [0.2, 0.25) is 5.02 Å². The van der Waals surface area contributed by atoms with Gasteiger partial charge in [-0.15, -0.1) is 0 Å². The molecule has 0 saturated carbocycles. The van der Waals surface area contributed by atoms with E-state index in [-0.39, 0.29) is 6.79 Å². The van der Waals surface area contributed by atoms with Crippen LogP contribution in [-0.2, 0) is 0 Å². The third kappa shape index (κ3) is 2.25. The Morgan fingerprint density at radius 1 is 1.21 bits per heavy atom. The van der Waals surface area contributed by atoms with E-state index in [1.165, 1.54) is 0 Å².